The molecular weight excluding hydrogens is 454 g/mol. The zero-order valence-corrected chi connectivity index (χ0v) is 20.1. The summed E-state index contributed by atoms with van der Waals surface area (Å²) >= 11 is 0. The van der Waals surface area contributed by atoms with Crippen LogP contribution in [0.1, 0.15) is 48.8 Å². The first-order valence-electron chi connectivity index (χ1n) is 11.0. The van der Waals surface area contributed by atoms with E-state index in [-0.39, 0.29) is 27.4 Å². The van der Waals surface area contributed by atoms with Crippen molar-refractivity contribution < 1.29 is 16.8 Å². The minimum absolute atomic E-state index is 0.178. The summed E-state index contributed by atoms with van der Waals surface area (Å²) in [5, 5.41) is 0.675. The molecule has 3 aromatic carbocycles. The van der Waals surface area contributed by atoms with Crippen molar-refractivity contribution in [1.29, 1.82) is 0 Å². The van der Waals surface area contributed by atoms with Crippen LogP contribution in [0.3, 0.4) is 0 Å². The van der Waals surface area contributed by atoms with E-state index in [1.165, 1.54) is 3.97 Å². The van der Waals surface area contributed by atoms with Crippen molar-refractivity contribution in [3.05, 3.63) is 95.7 Å². The van der Waals surface area contributed by atoms with Gasteiger partial charge < -0.3 is 0 Å². The normalized spacial score (nSPS) is 18.5. The molecule has 0 aliphatic heterocycles. The fourth-order valence-corrected chi connectivity index (χ4v) is 7.83. The Bertz CT molecular complexity index is 1560. The van der Waals surface area contributed by atoms with Gasteiger partial charge in [-0.05, 0) is 65.3 Å². The van der Waals surface area contributed by atoms with Crippen molar-refractivity contribution in [1.82, 2.24) is 3.97 Å². The van der Waals surface area contributed by atoms with Gasteiger partial charge in [-0.15, -0.1) is 0 Å². The van der Waals surface area contributed by atoms with Crippen LogP contribution in [0, 0.1) is 0 Å². The summed E-state index contributed by atoms with van der Waals surface area (Å²) in [4.78, 5) is 0.466. The third-order valence-electron chi connectivity index (χ3n) is 6.57. The molecule has 1 aliphatic carbocycles. The van der Waals surface area contributed by atoms with E-state index in [0.29, 0.717) is 16.5 Å². The Morgan fingerprint density at radius 2 is 1.42 bits per heavy atom. The van der Waals surface area contributed by atoms with Crippen LogP contribution in [0.25, 0.3) is 10.9 Å². The number of rotatable bonds is 5. The van der Waals surface area contributed by atoms with Gasteiger partial charge in [-0.3, -0.25) is 0 Å². The lowest BCUT2D eigenvalue weighted by Gasteiger charge is -2.16. The first-order chi connectivity index (χ1) is 15.7. The van der Waals surface area contributed by atoms with E-state index < -0.39 is 19.9 Å². The van der Waals surface area contributed by atoms with Crippen LogP contribution in [0.4, 0.5) is 0 Å². The maximum absolute atomic E-state index is 13.6. The van der Waals surface area contributed by atoms with Gasteiger partial charge in [-0.25, -0.2) is 20.8 Å². The molecule has 0 unspecified atom stereocenters. The van der Waals surface area contributed by atoms with Crippen LogP contribution >= 0.6 is 0 Å². The Morgan fingerprint density at radius 3 is 2.06 bits per heavy atom. The third-order valence-corrected chi connectivity index (χ3v) is 9.94. The van der Waals surface area contributed by atoms with Crippen LogP contribution < -0.4 is 0 Å². The quantitative estimate of drug-likeness (QED) is 0.381. The molecule has 7 heteroatoms. The number of aromatic nitrogens is 1. The van der Waals surface area contributed by atoms with E-state index in [1.807, 2.05) is 6.07 Å². The van der Waals surface area contributed by atoms with Gasteiger partial charge in [0.25, 0.3) is 10.0 Å². The predicted octanol–water partition coefficient (Wildman–Crippen LogP) is 5.46. The third kappa shape index (κ3) is 3.60. The highest BCUT2D eigenvalue weighted by atomic mass is 32.2. The fourth-order valence-electron chi connectivity index (χ4n) is 5.06. The first kappa shape index (κ1) is 21.9. The van der Waals surface area contributed by atoms with Gasteiger partial charge in [0.1, 0.15) is 0 Å². The SMILES string of the molecule is C[C@@H]1C[C@H](C)c2c1cc(CS(=O)(=O)c1ccccc1)c1ccn(S(=O)(=O)c3ccccc3)c21. The highest BCUT2D eigenvalue weighted by Crippen LogP contribution is 2.47. The number of fused-ring (bicyclic) bond motifs is 3. The minimum Gasteiger partial charge on any atom is -0.241 e. The zero-order chi connectivity index (χ0) is 23.4. The van der Waals surface area contributed by atoms with Gasteiger partial charge in [-0.2, -0.15) is 0 Å². The van der Waals surface area contributed by atoms with Crippen molar-refractivity contribution in [2.75, 3.05) is 0 Å². The van der Waals surface area contributed by atoms with Crippen LogP contribution in [-0.2, 0) is 25.6 Å². The molecule has 0 saturated carbocycles. The first-order valence-corrected chi connectivity index (χ1v) is 14.0. The Labute approximate surface area is 194 Å². The average molecular weight is 480 g/mol. The summed E-state index contributed by atoms with van der Waals surface area (Å²) in [6.07, 6.45) is 2.46. The lowest BCUT2D eigenvalue weighted by atomic mass is 9.97. The molecule has 4 aromatic rings. The van der Waals surface area contributed by atoms with Crippen molar-refractivity contribution in [3.63, 3.8) is 0 Å². The zero-order valence-electron chi connectivity index (χ0n) is 18.5. The number of nitrogens with zero attached hydrogens (tertiary/aromatic N) is 1. The monoisotopic (exact) mass is 479 g/mol. The molecule has 0 bridgehead atoms. The van der Waals surface area contributed by atoms with E-state index >= 15 is 0 Å². The van der Waals surface area contributed by atoms with Crippen LogP contribution in [0.15, 0.2) is 88.8 Å². The highest BCUT2D eigenvalue weighted by Gasteiger charge is 2.33. The van der Waals surface area contributed by atoms with Gasteiger partial charge in [0.2, 0.25) is 0 Å². The van der Waals surface area contributed by atoms with E-state index in [9.17, 15) is 16.8 Å². The number of benzene rings is 3. The smallest absolute Gasteiger partial charge is 0.241 e. The minimum atomic E-state index is -3.83. The Morgan fingerprint density at radius 1 is 0.818 bits per heavy atom. The van der Waals surface area contributed by atoms with Crippen molar-refractivity contribution in [3.8, 4) is 0 Å². The molecule has 0 N–H and O–H groups in total. The van der Waals surface area contributed by atoms with Gasteiger partial charge in [0.05, 0.1) is 21.1 Å². The lowest BCUT2D eigenvalue weighted by Crippen LogP contribution is -2.13. The summed E-state index contributed by atoms with van der Waals surface area (Å²) in [7, 11) is -7.42. The van der Waals surface area contributed by atoms with E-state index in [2.05, 4.69) is 13.8 Å². The predicted molar refractivity (Wildman–Crippen MR) is 130 cm³/mol. The van der Waals surface area contributed by atoms with Crippen LogP contribution in [0.5, 0.6) is 0 Å². The Hall–Kier alpha value is -2.90. The van der Waals surface area contributed by atoms with Crippen molar-refractivity contribution in [2.45, 2.75) is 47.6 Å². The summed E-state index contributed by atoms with van der Waals surface area (Å²) < 4.78 is 54.8. The maximum Gasteiger partial charge on any atom is 0.268 e. The lowest BCUT2D eigenvalue weighted by molar-refractivity contribution is 0.588. The number of hydrogen-bond acceptors (Lipinski definition) is 4. The second-order valence-corrected chi connectivity index (χ2v) is 12.6. The summed E-state index contributed by atoms with van der Waals surface area (Å²) in [6.45, 7) is 4.22. The number of hydrogen-bond donors (Lipinski definition) is 0. The molecule has 170 valence electrons. The molecular formula is C26H25NO4S2. The standard InChI is InChI=1S/C26H25NO4S2/c1-18-15-19(2)25-24(18)16-20(17-32(28,29)21-9-5-3-6-10-21)23-13-14-27(26(23)25)33(30,31)22-11-7-4-8-12-22/h3-14,16,18-19H,15,17H2,1-2H3/t18-,19+/m1/s1. The molecule has 33 heavy (non-hydrogen) atoms. The summed E-state index contributed by atoms with van der Waals surface area (Å²) in [6, 6.07) is 20.4. The molecule has 2 atom stereocenters. The summed E-state index contributed by atoms with van der Waals surface area (Å²) in [5.74, 6) is 0.217. The summed E-state index contributed by atoms with van der Waals surface area (Å²) in [5.41, 5.74) is 3.28. The van der Waals surface area contributed by atoms with Crippen molar-refractivity contribution >= 4 is 30.8 Å². The van der Waals surface area contributed by atoms with Gasteiger partial charge >= 0.3 is 0 Å². The number of sulfone groups is 1. The second-order valence-electron chi connectivity index (χ2n) is 8.84. The maximum atomic E-state index is 13.6. The largest absolute Gasteiger partial charge is 0.268 e. The van der Waals surface area contributed by atoms with E-state index in [4.69, 9.17) is 0 Å². The molecule has 0 amide bonds. The molecule has 0 radical (unpaired) electrons. The Balaban J connectivity index is 1.76. The molecule has 1 heterocycles. The van der Waals surface area contributed by atoms with Crippen LogP contribution in [-0.4, -0.2) is 20.8 Å². The second kappa shape index (κ2) is 7.85. The molecule has 5 nitrogen and oxygen atoms in total. The molecule has 0 saturated heterocycles. The molecule has 1 aromatic heterocycles. The molecule has 1 aliphatic rings. The van der Waals surface area contributed by atoms with E-state index in [0.717, 1.165) is 17.5 Å². The Kier molecular flexibility index (Phi) is 5.21. The topological polar surface area (TPSA) is 73.2 Å². The molecule has 0 fully saturated rings. The van der Waals surface area contributed by atoms with Gasteiger partial charge in [-0.1, -0.05) is 56.3 Å². The fraction of sp³-hybridized carbons (Fsp3) is 0.231. The van der Waals surface area contributed by atoms with E-state index in [1.54, 1.807) is 72.9 Å². The van der Waals surface area contributed by atoms with Gasteiger partial charge in [0.15, 0.2) is 9.84 Å². The van der Waals surface area contributed by atoms with Gasteiger partial charge in [0, 0.05) is 11.6 Å². The average Bonchev–Trinajstić information content (AvgIpc) is 3.36. The molecule has 5 rings (SSSR count). The van der Waals surface area contributed by atoms with Crippen molar-refractivity contribution in [2.24, 2.45) is 0 Å². The molecule has 0 spiro atoms. The van der Waals surface area contributed by atoms with Crippen LogP contribution in [0.2, 0.25) is 0 Å². The highest BCUT2D eigenvalue weighted by molar-refractivity contribution is 7.90.